The van der Waals surface area contributed by atoms with Gasteiger partial charge in [-0.1, -0.05) is 98.7 Å². The van der Waals surface area contributed by atoms with E-state index in [0.29, 0.717) is 5.82 Å². The Morgan fingerprint density at radius 2 is 1.19 bits per heavy atom. The van der Waals surface area contributed by atoms with E-state index in [4.69, 9.17) is 15.2 Å². The van der Waals surface area contributed by atoms with Gasteiger partial charge in [0.15, 0.2) is 0 Å². The first-order valence-electron chi connectivity index (χ1n) is 25.0. The van der Waals surface area contributed by atoms with Crippen LogP contribution in [0.5, 0.6) is 5.75 Å². The van der Waals surface area contributed by atoms with Crippen LogP contribution < -0.4 is 0 Å². The molecule has 3 heterocycles. The number of hydrogen-bond donors (Lipinski definition) is 1. The standard InChI is InChI=1S/C64H72N4OSe/c1-37-40(36-60(3,4)5)26-28-47-53-38(2)66-67-54(58(53)70-57(37)47)42-30-41(31-44(32-42)62(9,10)11)46-24-21-25-52-55(46)65-59(49-34-45(63(12,13)14)35-50(56(49)69)64(15,16)17)68(52)51-29-27-43(61(6,7)8)33-48(51)39-22-19-18-20-23-39/h18-35,69H,36H2,1-17H3. The van der Waals surface area contributed by atoms with Crippen LogP contribution >= 0.6 is 0 Å². The Morgan fingerprint density at radius 3 is 1.83 bits per heavy atom. The minimum absolute atomic E-state index is 0.0543. The number of benzene rings is 6. The van der Waals surface area contributed by atoms with Crippen LogP contribution in [0.3, 0.4) is 0 Å². The monoisotopic (exact) mass is 992 g/mol. The number of aryl methyl sites for hydroxylation is 2. The molecule has 0 saturated carbocycles. The molecule has 0 bridgehead atoms. The first-order chi connectivity index (χ1) is 32.6. The Morgan fingerprint density at radius 1 is 0.543 bits per heavy atom. The van der Waals surface area contributed by atoms with Gasteiger partial charge >= 0.3 is 305 Å². The Bertz CT molecular complexity index is 3500. The number of imidazole rings is 1. The van der Waals surface area contributed by atoms with Crippen LogP contribution in [0.4, 0.5) is 0 Å². The third-order valence-electron chi connectivity index (χ3n) is 14.1. The Kier molecular flexibility index (Phi) is 12.1. The van der Waals surface area contributed by atoms with E-state index in [1.807, 2.05) is 0 Å². The van der Waals surface area contributed by atoms with Gasteiger partial charge in [0.1, 0.15) is 0 Å². The van der Waals surface area contributed by atoms with Gasteiger partial charge < -0.3 is 0 Å². The normalized spacial score (nSPS) is 13.0. The number of aromatic nitrogens is 4. The molecule has 0 aliphatic carbocycles. The molecule has 3 aromatic heterocycles. The fraction of sp³-hybridized carbons (Fsp3) is 0.359. The summed E-state index contributed by atoms with van der Waals surface area (Å²) in [5, 5.41) is 25.2. The van der Waals surface area contributed by atoms with Gasteiger partial charge in [-0.2, -0.15) is 0 Å². The molecule has 0 saturated heterocycles. The number of hydrogen-bond acceptors (Lipinski definition) is 4. The zero-order valence-corrected chi connectivity index (χ0v) is 46.5. The molecule has 0 amide bonds. The second-order valence-electron chi connectivity index (χ2n) is 25.2. The zero-order valence-electron chi connectivity index (χ0n) is 44.7. The van der Waals surface area contributed by atoms with Crippen LogP contribution in [0.1, 0.15) is 143 Å². The molecule has 5 nitrogen and oxygen atoms in total. The molecular weight excluding hydrogens is 920 g/mol. The van der Waals surface area contributed by atoms with Crippen LogP contribution in [-0.2, 0) is 28.1 Å². The molecule has 6 heteroatoms. The predicted octanol–water partition coefficient (Wildman–Crippen LogP) is 16.9. The van der Waals surface area contributed by atoms with Crippen molar-refractivity contribution in [1.29, 1.82) is 0 Å². The molecule has 1 N–H and O–H groups in total. The van der Waals surface area contributed by atoms with Crippen LogP contribution in [-0.4, -0.2) is 39.4 Å². The van der Waals surface area contributed by atoms with E-state index in [9.17, 15) is 5.11 Å². The third kappa shape index (κ3) is 9.07. The van der Waals surface area contributed by atoms with E-state index in [1.165, 1.54) is 41.5 Å². The van der Waals surface area contributed by atoms with Crippen molar-refractivity contribution in [1.82, 2.24) is 19.7 Å². The first kappa shape index (κ1) is 49.2. The number of aromatic hydroxyl groups is 1. The summed E-state index contributed by atoms with van der Waals surface area (Å²) in [6.07, 6.45) is 1.04. The second-order valence-corrected chi connectivity index (χ2v) is 27.3. The molecule has 9 rings (SSSR count). The van der Waals surface area contributed by atoms with Crippen molar-refractivity contribution in [3.63, 3.8) is 0 Å². The van der Waals surface area contributed by atoms with Gasteiger partial charge in [0.25, 0.3) is 0 Å². The SMILES string of the molecule is Cc1c(CC(C)(C)C)ccc2c1[se]c1c(-c3cc(-c4cccc5c4nc(-c4cc(C(C)(C)C)cc(C(C)(C)C)c4O)n5-c4ccc(C(C)(C)C)cc4-c4ccccc4)cc(C(C)(C)C)c3)nnc(C)c12. The molecular formula is C64H72N4OSe. The Hall–Kier alpha value is -5.81. The number of nitrogens with zero attached hydrogens (tertiary/aromatic N) is 4. The summed E-state index contributed by atoms with van der Waals surface area (Å²) < 4.78 is 5.07. The Balaban J connectivity index is 1.37. The van der Waals surface area contributed by atoms with Crippen molar-refractivity contribution in [3.8, 4) is 56.3 Å². The number of rotatable bonds is 6. The average Bonchev–Trinajstić information content (AvgIpc) is 3.86. The predicted molar refractivity (Wildman–Crippen MR) is 299 cm³/mol. The maximum atomic E-state index is 12.7. The van der Waals surface area contributed by atoms with Crippen molar-refractivity contribution in [2.45, 2.75) is 146 Å². The van der Waals surface area contributed by atoms with Crippen molar-refractivity contribution in [3.05, 3.63) is 148 Å². The van der Waals surface area contributed by atoms with E-state index in [0.717, 1.165) is 79.0 Å². The summed E-state index contributed by atoms with van der Waals surface area (Å²) in [5.41, 5.74) is 17.7. The molecule has 360 valence electrons. The van der Waals surface area contributed by atoms with Gasteiger partial charge in [-0.15, -0.1) is 0 Å². The van der Waals surface area contributed by atoms with E-state index < -0.39 is 0 Å². The summed E-state index contributed by atoms with van der Waals surface area (Å²) in [4.78, 5) is 5.76. The Labute approximate surface area is 423 Å². The average molecular weight is 992 g/mol. The molecule has 0 unspecified atom stereocenters. The number of phenolic OH excluding ortho intramolecular Hbond substituents is 1. The molecule has 0 aliphatic rings. The number of para-hydroxylation sites is 1. The fourth-order valence-corrected chi connectivity index (χ4v) is 12.9. The molecule has 0 atom stereocenters. The minimum atomic E-state index is -0.329. The summed E-state index contributed by atoms with van der Waals surface area (Å²) in [5.74, 6) is 0.965. The van der Waals surface area contributed by atoms with Gasteiger partial charge in [0, 0.05) is 0 Å². The van der Waals surface area contributed by atoms with Crippen LogP contribution in [0.25, 0.3) is 80.9 Å². The maximum absolute atomic E-state index is 12.7. The van der Waals surface area contributed by atoms with Gasteiger partial charge in [0.05, 0.1) is 0 Å². The summed E-state index contributed by atoms with van der Waals surface area (Å²) in [7, 11) is 0. The van der Waals surface area contributed by atoms with Crippen molar-refractivity contribution in [2.24, 2.45) is 5.41 Å². The van der Waals surface area contributed by atoms with Gasteiger partial charge in [-0.25, -0.2) is 0 Å². The van der Waals surface area contributed by atoms with Crippen LogP contribution in [0, 0.1) is 19.3 Å². The first-order valence-corrected chi connectivity index (χ1v) is 26.8. The molecule has 0 spiro atoms. The van der Waals surface area contributed by atoms with E-state index in [-0.39, 0.29) is 47.3 Å². The van der Waals surface area contributed by atoms with Gasteiger partial charge in [0.2, 0.25) is 0 Å². The quantitative estimate of drug-likeness (QED) is 0.169. The van der Waals surface area contributed by atoms with E-state index in [1.54, 1.807) is 0 Å². The molecule has 9 aromatic rings. The topological polar surface area (TPSA) is 63.8 Å². The van der Waals surface area contributed by atoms with Crippen molar-refractivity contribution < 1.29 is 5.11 Å². The summed E-state index contributed by atoms with van der Waals surface area (Å²) in [6, 6.07) is 40.2. The summed E-state index contributed by atoms with van der Waals surface area (Å²) in [6.45, 7) is 38.4. The molecule has 0 radical (unpaired) electrons. The zero-order chi connectivity index (χ0) is 50.6. The third-order valence-corrected chi connectivity index (χ3v) is 16.9. The number of phenols is 1. The van der Waals surface area contributed by atoms with Gasteiger partial charge in [-0.05, 0) is 21.8 Å². The summed E-state index contributed by atoms with van der Waals surface area (Å²) >= 11 is 0.0543. The molecule has 0 fully saturated rings. The van der Waals surface area contributed by atoms with Crippen LogP contribution in [0.2, 0.25) is 0 Å². The van der Waals surface area contributed by atoms with Gasteiger partial charge in [-0.3, -0.25) is 0 Å². The van der Waals surface area contributed by atoms with E-state index in [2.05, 4.69) is 231 Å². The van der Waals surface area contributed by atoms with Crippen molar-refractivity contribution >= 4 is 44.8 Å². The van der Waals surface area contributed by atoms with Crippen molar-refractivity contribution in [2.75, 3.05) is 0 Å². The molecule has 0 aliphatic heterocycles. The fourth-order valence-electron chi connectivity index (χ4n) is 10.00. The second kappa shape index (κ2) is 17.2. The molecule has 6 aromatic carbocycles. The molecule has 70 heavy (non-hydrogen) atoms. The number of fused-ring (bicyclic) bond motifs is 4. The van der Waals surface area contributed by atoms with E-state index >= 15 is 0 Å². The van der Waals surface area contributed by atoms with Crippen LogP contribution in [0.15, 0.2) is 109 Å².